The van der Waals surface area contributed by atoms with Gasteiger partial charge in [-0.15, -0.1) is 0 Å². The Morgan fingerprint density at radius 1 is 0.652 bits per heavy atom. The number of carbonyl (C=O) groups excluding carboxylic acids is 3. The lowest BCUT2D eigenvalue weighted by molar-refractivity contribution is -0.118. The minimum Gasteiger partial charge on any atom is -0.444 e. The van der Waals surface area contributed by atoms with Gasteiger partial charge in [-0.05, 0) is 103 Å². The van der Waals surface area contributed by atoms with Crippen molar-refractivity contribution in [2.45, 2.75) is 78.0 Å². The SMILES string of the molecule is CC(C)(C)OC(=O)NCCCC[C@H](NC(=O)OC(C)(C)C)C(=O)Nc1cc(C#Cc2ccccc2)cc(C#Cc2ccccc2)c1. The molecule has 3 amide bonds. The molecule has 240 valence electrons. The van der Waals surface area contributed by atoms with Crippen molar-refractivity contribution >= 4 is 23.8 Å². The van der Waals surface area contributed by atoms with Gasteiger partial charge in [-0.1, -0.05) is 60.1 Å². The van der Waals surface area contributed by atoms with E-state index >= 15 is 0 Å². The molecular weight excluding hydrogens is 578 g/mol. The van der Waals surface area contributed by atoms with Crippen LogP contribution >= 0.6 is 0 Å². The lowest BCUT2D eigenvalue weighted by Gasteiger charge is -2.23. The second-order valence-corrected chi connectivity index (χ2v) is 12.6. The molecule has 3 N–H and O–H groups in total. The summed E-state index contributed by atoms with van der Waals surface area (Å²) in [6.45, 7) is 11.0. The predicted octanol–water partition coefficient (Wildman–Crippen LogP) is 7.01. The molecule has 0 aliphatic rings. The van der Waals surface area contributed by atoms with Gasteiger partial charge >= 0.3 is 12.2 Å². The second kappa shape index (κ2) is 16.7. The molecule has 0 saturated carbocycles. The third-order valence-electron chi connectivity index (χ3n) is 6.05. The number of ether oxygens (including phenoxy) is 2. The molecule has 46 heavy (non-hydrogen) atoms. The molecule has 0 spiro atoms. The van der Waals surface area contributed by atoms with E-state index < -0.39 is 35.3 Å². The zero-order chi connectivity index (χ0) is 33.6. The Morgan fingerprint density at radius 2 is 1.13 bits per heavy atom. The van der Waals surface area contributed by atoms with Gasteiger partial charge in [0.1, 0.15) is 17.2 Å². The molecule has 0 fully saturated rings. The van der Waals surface area contributed by atoms with Crippen LogP contribution in [-0.2, 0) is 14.3 Å². The summed E-state index contributed by atoms with van der Waals surface area (Å²) in [5, 5.41) is 8.36. The fraction of sp³-hybridized carbons (Fsp3) is 0.342. The van der Waals surface area contributed by atoms with Crippen molar-refractivity contribution in [3.63, 3.8) is 0 Å². The van der Waals surface area contributed by atoms with E-state index in [0.29, 0.717) is 42.6 Å². The Kier molecular flexibility index (Phi) is 12.8. The summed E-state index contributed by atoms with van der Waals surface area (Å²) in [7, 11) is 0. The van der Waals surface area contributed by atoms with Gasteiger partial charge in [0.15, 0.2) is 0 Å². The zero-order valence-corrected chi connectivity index (χ0v) is 27.5. The highest BCUT2D eigenvalue weighted by atomic mass is 16.6. The molecule has 8 nitrogen and oxygen atoms in total. The van der Waals surface area contributed by atoms with Crippen LogP contribution in [-0.4, -0.2) is 41.9 Å². The second-order valence-electron chi connectivity index (χ2n) is 12.6. The first-order valence-corrected chi connectivity index (χ1v) is 15.3. The van der Waals surface area contributed by atoms with Crippen molar-refractivity contribution in [1.82, 2.24) is 10.6 Å². The molecule has 3 aromatic rings. The number of carbonyl (C=O) groups is 3. The van der Waals surface area contributed by atoms with Crippen LogP contribution in [0, 0.1) is 23.7 Å². The number of hydrogen-bond donors (Lipinski definition) is 3. The van der Waals surface area contributed by atoms with E-state index in [1.807, 2.05) is 66.7 Å². The lowest BCUT2D eigenvalue weighted by atomic mass is 10.1. The molecule has 1 atom stereocenters. The normalized spacial score (nSPS) is 11.4. The third-order valence-corrected chi connectivity index (χ3v) is 6.05. The number of hydrogen-bond acceptors (Lipinski definition) is 5. The first kappa shape index (κ1) is 35.3. The highest BCUT2D eigenvalue weighted by Crippen LogP contribution is 2.17. The summed E-state index contributed by atoms with van der Waals surface area (Å²) in [6, 6.07) is 23.7. The molecular formula is C38H43N3O5. The first-order valence-electron chi connectivity index (χ1n) is 15.3. The minimum absolute atomic E-state index is 0.315. The maximum atomic E-state index is 13.6. The Bertz CT molecular complexity index is 1520. The van der Waals surface area contributed by atoms with E-state index in [0.717, 1.165) is 11.1 Å². The van der Waals surface area contributed by atoms with Crippen LogP contribution < -0.4 is 16.0 Å². The van der Waals surface area contributed by atoms with E-state index in [1.54, 1.807) is 53.7 Å². The average Bonchev–Trinajstić information content (AvgIpc) is 2.97. The van der Waals surface area contributed by atoms with Crippen LogP contribution in [0.25, 0.3) is 0 Å². The molecule has 0 aliphatic carbocycles. The van der Waals surface area contributed by atoms with E-state index in [4.69, 9.17) is 9.47 Å². The van der Waals surface area contributed by atoms with Gasteiger partial charge in [-0.25, -0.2) is 9.59 Å². The van der Waals surface area contributed by atoms with Crippen LogP contribution in [0.1, 0.15) is 83.1 Å². The summed E-state index contributed by atoms with van der Waals surface area (Å²) in [5.41, 5.74) is 2.22. The Balaban J connectivity index is 1.80. The van der Waals surface area contributed by atoms with Gasteiger partial charge < -0.3 is 25.4 Å². The van der Waals surface area contributed by atoms with Gasteiger partial charge in [0.25, 0.3) is 0 Å². The van der Waals surface area contributed by atoms with E-state index in [1.165, 1.54) is 0 Å². The van der Waals surface area contributed by atoms with Gasteiger partial charge in [0.2, 0.25) is 5.91 Å². The maximum absolute atomic E-state index is 13.6. The molecule has 0 aromatic heterocycles. The summed E-state index contributed by atoms with van der Waals surface area (Å²) in [4.78, 5) is 38.2. The Hall–Kier alpha value is -5.21. The zero-order valence-electron chi connectivity index (χ0n) is 27.5. The van der Waals surface area contributed by atoms with Crippen molar-refractivity contribution in [3.8, 4) is 23.7 Å². The fourth-order valence-electron chi connectivity index (χ4n) is 4.10. The van der Waals surface area contributed by atoms with Crippen LogP contribution in [0.15, 0.2) is 78.9 Å². The van der Waals surface area contributed by atoms with Crippen LogP contribution in [0.2, 0.25) is 0 Å². The molecule has 0 bridgehead atoms. The Labute approximate surface area is 272 Å². The molecule has 8 heteroatoms. The summed E-state index contributed by atoms with van der Waals surface area (Å²) in [6.07, 6.45) is 0.226. The van der Waals surface area contributed by atoms with Crippen molar-refractivity contribution < 1.29 is 23.9 Å². The van der Waals surface area contributed by atoms with Gasteiger partial charge in [-0.3, -0.25) is 4.79 Å². The topological polar surface area (TPSA) is 106 Å². The standard InChI is InChI=1S/C38H43N3O5/c1-37(2,3)45-35(43)39-24-14-13-19-33(41-36(44)46-38(4,5)6)34(42)40-32-26-30(22-20-28-15-9-7-10-16-28)25-31(27-32)23-21-29-17-11-8-12-18-29/h7-12,15-18,25-27,33H,13-14,19,24H2,1-6H3,(H,39,43)(H,40,42)(H,41,44)/t33-/m0/s1. The fourth-order valence-corrected chi connectivity index (χ4v) is 4.10. The van der Waals surface area contributed by atoms with E-state index in [2.05, 4.69) is 39.6 Å². The third kappa shape index (κ3) is 14.1. The predicted molar refractivity (Wildman–Crippen MR) is 181 cm³/mol. The van der Waals surface area contributed by atoms with Crippen molar-refractivity contribution in [2.24, 2.45) is 0 Å². The van der Waals surface area contributed by atoms with Crippen LogP contribution in [0.4, 0.5) is 15.3 Å². The molecule has 0 radical (unpaired) electrons. The highest BCUT2D eigenvalue weighted by molar-refractivity contribution is 5.96. The summed E-state index contributed by atoms with van der Waals surface area (Å²) < 4.78 is 10.7. The van der Waals surface area contributed by atoms with Crippen molar-refractivity contribution in [3.05, 3.63) is 101 Å². The number of amides is 3. The average molecular weight is 622 g/mol. The smallest absolute Gasteiger partial charge is 0.408 e. The number of unbranched alkanes of at least 4 members (excludes halogenated alkanes) is 1. The van der Waals surface area contributed by atoms with Gasteiger partial charge in [-0.2, -0.15) is 0 Å². The van der Waals surface area contributed by atoms with Crippen LogP contribution in [0.5, 0.6) is 0 Å². The van der Waals surface area contributed by atoms with Gasteiger partial charge in [0.05, 0.1) is 0 Å². The van der Waals surface area contributed by atoms with Crippen molar-refractivity contribution in [2.75, 3.05) is 11.9 Å². The molecule has 0 unspecified atom stereocenters. The quantitative estimate of drug-likeness (QED) is 0.185. The highest BCUT2D eigenvalue weighted by Gasteiger charge is 2.24. The number of benzene rings is 3. The van der Waals surface area contributed by atoms with Crippen molar-refractivity contribution in [1.29, 1.82) is 0 Å². The number of rotatable bonds is 8. The molecule has 0 aliphatic heterocycles. The number of anilines is 1. The summed E-state index contributed by atoms with van der Waals surface area (Å²) in [5.74, 6) is 12.2. The van der Waals surface area contributed by atoms with E-state index in [-0.39, 0.29) is 0 Å². The van der Waals surface area contributed by atoms with Crippen LogP contribution in [0.3, 0.4) is 0 Å². The largest absolute Gasteiger partial charge is 0.444 e. The monoisotopic (exact) mass is 621 g/mol. The number of nitrogens with one attached hydrogen (secondary N) is 3. The molecule has 0 heterocycles. The minimum atomic E-state index is -0.894. The summed E-state index contributed by atoms with van der Waals surface area (Å²) >= 11 is 0. The lowest BCUT2D eigenvalue weighted by Crippen LogP contribution is -2.45. The first-order chi connectivity index (χ1) is 21.8. The molecule has 3 aromatic carbocycles. The number of alkyl carbamates (subject to hydrolysis) is 2. The molecule has 3 rings (SSSR count). The Morgan fingerprint density at radius 3 is 1.63 bits per heavy atom. The van der Waals surface area contributed by atoms with Gasteiger partial charge in [0, 0.05) is 34.5 Å². The molecule has 0 saturated heterocycles. The van der Waals surface area contributed by atoms with E-state index in [9.17, 15) is 14.4 Å². The maximum Gasteiger partial charge on any atom is 0.408 e.